The molecule has 1 aliphatic carbocycles. The lowest BCUT2D eigenvalue weighted by Crippen LogP contribution is -2.39. The summed E-state index contributed by atoms with van der Waals surface area (Å²) >= 11 is 0. The fourth-order valence-electron chi connectivity index (χ4n) is 3.11. The smallest absolute Gasteiger partial charge is 0.226 e. The Hall–Kier alpha value is -1.59. The highest BCUT2D eigenvalue weighted by Crippen LogP contribution is 2.35. The lowest BCUT2D eigenvalue weighted by molar-refractivity contribution is -0.136. The standard InChI is InChI=1S/C18H25N3O2.ClH/c22-17-13-16(14-5-2-1-3-6-14)21(18(23)15-7-8-15)12-4-9-19-10-11-20-17;/h1-3,5-6,15-16,19H,4,7-13H2,(H,20,22);1H. The minimum Gasteiger partial charge on any atom is -0.355 e. The van der Waals surface area contributed by atoms with Crippen molar-refractivity contribution in [1.29, 1.82) is 0 Å². The monoisotopic (exact) mass is 351 g/mol. The van der Waals surface area contributed by atoms with Gasteiger partial charge >= 0.3 is 0 Å². The molecule has 1 saturated carbocycles. The van der Waals surface area contributed by atoms with Gasteiger partial charge in [-0.05, 0) is 31.4 Å². The second-order valence-electron chi connectivity index (χ2n) is 6.39. The van der Waals surface area contributed by atoms with Gasteiger partial charge in [-0.3, -0.25) is 9.59 Å². The van der Waals surface area contributed by atoms with Crippen molar-refractivity contribution in [3.63, 3.8) is 0 Å². The first-order valence-electron chi connectivity index (χ1n) is 8.58. The van der Waals surface area contributed by atoms with Crippen molar-refractivity contribution in [3.8, 4) is 0 Å². The van der Waals surface area contributed by atoms with Crippen LogP contribution in [0.2, 0.25) is 0 Å². The van der Waals surface area contributed by atoms with Gasteiger partial charge in [0, 0.05) is 25.6 Å². The van der Waals surface area contributed by atoms with E-state index in [-0.39, 0.29) is 36.2 Å². The lowest BCUT2D eigenvalue weighted by atomic mass is 10.0. The molecule has 3 rings (SSSR count). The lowest BCUT2D eigenvalue weighted by Gasteiger charge is -2.32. The summed E-state index contributed by atoms with van der Waals surface area (Å²) in [5, 5.41) is 6.25. The van der Waals surface area contributed by atoms with Gasteiger partial charge in [0.2, 0.25) is 11.8 Å². The number of carbonyl (C=O) groups excluding carboxylic acids is 2. The van der Waals surface area contributed by atoms with E-state index in [4.69, 9.17) is 0 Å². The van der Waals surface area contributed by atoms with Gasteiger partial charge in [0.1, 0.15) is 0 Å². The van der Waals surface area contributed by atoms with E-state index < -0.39 is 0 Å². The fraction of sp³-hybridized carbons (Fsp3) is 0.556. The van der Waals surface area contributed by atoms with Gasteiger partial charge in [0.05, 0.1) is 12.5 Å². The first-order valence-corrected chi connectivity index (χ1v) is 8.58. The minimum absolute atomic E-state index is 0. The van der Waals surface area contributed by atoms with Crippen molar-refractivity contribution in [2.24, 2.45) is 5.92 Å². The van der Waals surface area contributed by atoms with Crippen LogP contribution in [0.5, 0.6) is 0 Å². The maximum Gasteiger partial charge on any atom is 0.226 e. The molecule has 1 aromatic rings. The van der Waals surface area contributed by atoms with E-state index in [0.29, 0.717) is 19.5 Å². The predicted molar refractivity (Wildman–Crippen MR) is 96.0 cm³/mol. The van der Waals surface area contributed by atoms with E-state index >= 15 is 0 Å². The molecule has 0 aromatic heterocycles. The van der Waals surface area contributed by atoms with Crippen molar-refractivity contribution in [3.05, 3.63) is 35.9 Å². The van der Waals surface area contributed by atoms with E-state index in [1.54, 1.807) is 0 Å². The summed E-state index contributed by atoms with van der Waals surface area (Å²) in [6.45, 7) is 2.98. The first-order chi connectivity index (χ1) is 11.3. The van der Waals surface area contributed by atoms with E-state index in [0.717, 1.165) is 37.9 Å². The van der Waals surface area contributed by atoms with Crippen LogP contribution in [0.25, 0.3) is 0 Å². The van der Waals surface area contributed by atoms with Gasteiger partial charge in [-0.15, -0.1) is 12.4 Å². The van der Waals surface area contributed by atoms with Crippen LogP contribution in [-0.4, -0.2) is 42.9 Å². The highest BCUT2D eigenvalue weighted by atomic mass is 35.5. The normalized spacial score (nSPS) is 22.8. The Morgan fingerprint density at radius 3 is 2.54 bits per heavy atom. The highest BCUT2D eigenvalue weighted by molar-refractivity contribution is 5.85. The molecule has 2 aliphatic rings. The zero-order valence-electron chi connectivity index (χ0n) is 13.9. The van der Waals surface area contributed by atoms with Crippen LogP contribution >= 0.6 is 12.4 Å². The average molecular weight is 352 g/mol. The number of halogens is 1. The molecule has 6 heteroatoms. The molecule has 1 saturated heterocycles. The van der Waals surface area contributed by atoms with Crippen LogP contribution in [0.4, 0.5) is 0 Å². The molecule has 132 valence electrons. The first kappa shape index (κ1) is 18.7. The van der Waals surface area contributed by atoms with Gasteiger partial charge in [0.25, 0.3) is 0 Å². The molecule has 1 heterocycles. The Bertz CT molecular complexity index is 548. The molecule has 1 atom stereocenters. The molecule has 1 aliphatic heterocycles. The summed E-state index contributed by atoms with van der Waals surface area (Å²) in [6.07, 6.45) is 3.22. The van der Waals surface area contributed by atoms with Gasteiger partial charge in [0.15, 0.2) is 0 Å². The van der Waals surface area contributed by atoms with Crippen LogP contribution in [0, 0.1) is 5.92 Å². The summed E-state index contributed by atoms with van der Waals surface area (Å²) in [7, 11) is 0. The SMILES string of the molecule is Cl.O=C1CC(c2ccccc2)N(C(=O)C2CC2)CCCNCCN1. The number of amides is 2. The van der Waals surface area contributed by atoms with Gasteiger partial charge in [-0.1, -0.05) is 30.3 Å². The molecule has 0 bridgehead atoms. The van der Waals surface area contributed by atoms with Crippen LogP contribution < -0.4 is 10.6 Å². The molecule has 2 amide bonds. The Kier molecular flexibility index (Phi) is 7.06. The molecule has 1 unspecified atom stereocenters. The number of nitrogens with one attached hydrogen (secondary N) is 2. The van der Waals surface area contributed by atoms with Gasteiger partial charge in [-0.2, -0.15) is 0 Å². The zero-order valence-corrected chi connectivity index (χ0v) is 14.7. The molecule has 2 N–H and O–H groups in total. The number of hydrogen-bond acceptors (Lipinski definition) is 3. The number of hydrogen-bond donors (Lipinski definition) is 2. The Balaban J connectivity index is 0.00000208. The van der Waals surface area contributed by atoms with Crippen LogP contribution in [-0.2, 0) is 9.59 Å². The number of nitrogens with zero attached hydrogens (tertiary/aromatic N) is 1. The minimum atomic E-state index is -0.164. The molecule has 1 aromatic carbocycles. The number of rotatable bonds is 2. The molecule has 5 nitrogen and oxygen atoms in total. The maximum absolute atomic E-state index is 12.8. The van der Waals surface area contributed by atoms with Crippen LogP contribution in [0.3, 0.4) is 0 Å². The fourth-order valence-corrected chi connectivity index (χ4v) is 3.11. The molecule has 0 spiro atoms. The van der Waals surface area contributed by atoms with Crippen molar-refractivity contribution < 1.29 is 9.59 Å². The molecule has 0 radical (unpaired) electrons. The van der Waals surface area contributed by atoms with Crippen LogP contribution in [0.15, 0.2) is 30.3 Å². The third-order valence-electron chi connectivity index (χ3n) is 4.53. The molecule has 2 fully saturated rings. The zero-order chi connectivity index (χ0) is 16.1. The molecular formula is C18H26ClN3O2. The second-order valence-corrected chi connectivity index (χ2v) is 6.39. The van der Waals surface area contributed by atoms with E-state index in [9.17, 15) is 9.59 Å². The summed E-state index contributed by atoms with van der Waals surface area (Å²) in [5.41, 5.74) is 1.05. The summed E-state index contributed by atoms with van der Waals surface area (Å²) in [5.74, 6) is 0.393. The third kappa shape index (κ3) is 4.95. The van der Waals surface area contributed by atoms with Crippen molar-refractivity contribution >= 4 is 24.2 Å². The van der Waals surface area contributed by atoms with E-state index in [2.05, 4.69) is 10.6 Å². The van der Waals surface area contributed by atoms with Gasteiger partial charge < -0.3 is 15.5 Å². The Morgan fingerprint density at radius 1 is 1.08 bits per heavy atom. The molecular weight excluding hydrogens is 326 g/mol. The van der Waals surface area contributed by atoms with E-state index in [1.807, 2.05) is 35.2 Å². The summed E-state index contributed by atoms with van der Waals surface area (Å²) in [4.78, 5) is 27.0. The maximum atomic E-state index is 12.8. The Morgan fingerprint density at radius 2 is 1.83 bits per heavy atom. The quantitative estimate of drug-likeness (QED) is 0.855. The number of carbonyl (C=O) groups is 2. The summed E-state index contributed by atoms with van der Waals surface area (Å²) in [6, 6.07) is 9.78. The topological polar surface area (TPSA) is 61.4 Å². The third-order valence-corrected chi connectivity index (χ3v) is 4.53. The van der Waals surface area contributed by atoms with E-state index in [1.165, 1.54) is 0 Å². The van der Waals surface area contributed by atoms with Crippen molar-refractivity contribution in [1.82, 2.24) is 15.5 Å². The summed E-state index contributed by atoms with van der Waals surface area (Å²) < 4.78 is 0. The highest BCUT2D eigenvalue weighted by Gasteiger charge is 2.37. The predicted octanol–water partition coefficient (Wildman–Crippen LogP) is 1.89. The van der Waals surface area contributed by atoms with Gasteiger partial charge in [-0.25, -0.2) is 0 Å². The van der Waals surface area contributed by atoms with Crippen molar-refractivity contribution in [2.75, 3.05) is 26.2 Å². The average Bonchev–Trinajstić information content (AvgIpc) is 3.40. The Labute approximate surface area is 149 Å². The van der Waals surface area contributed by atoms with Crippen LogP contribution in [0.1, 0.15) is 37.3 Å². The van der Waals surface area contributed by atoms with Crippen molar-refractivity contribution in [2.45, 2.75) is 31.7 Å². The number of benzene rings is 1. The molecule has 24 heavy (non-hydrogen) atoms. The second kappa shape index (κ2) is 9.04. The largest absolute Gasteiger partial charge is 0.355 e.